The second-order valence-corrected chi connectivity index (χ2v) is 8.84. The van der Waals surface area contributed by atoms with E-state index in [-0.39, 0.29) is 5.91 Å². The van der Waals surface area contributed by atoms with E-state index in [4.69, 9.17) is 9.72 Å². The Balaban J connectivity index is 1.33. The van der Waals surface area contributed by atoms with E-state index in [2.05, 4.69) is 23.3 Å². The van der Waals surface area contributed by atoms with Crippen LogP contribution >= 0.6 is 22.7 Å². The summed E-state index contributed by atoms with van der Waals surface area (Å²) in [6.45, 7) is 6.24. The van der Waals surface area contributed by atoms with Crippen molar-refractivity contribution in [2.24, 2.45) is 0 Å². The third-order valence-electron chi connectivity index (χ3n) is 5.26. The first-order valence-electron chi connectivity index (χ1n) is 9.84. The average molecular weight is 428 g/mol. The molecule has 1 aliphatic rings. The summed E-state index contributed by atoms with van der Waals surface area (Å²) >= 11 is 3.23. The molecule has 152 valence electrons. The van der Waals surface area contributed by atoms with E-state index in [1.54, 1.807) is 29.8 Å². The molecule has 1 fully saturated rings. The lowest BCUT2D eigenvalue weighted by atomic mass is 10.2. The third kappa shape index (κ3) is 4.52. The van der Waals surface area contributed by atoms with Gasteiger partial charge in [0.25, 0.3) is 5.91 Å². The Hall–Kier alpha value is -2.22. The predicted octanol–water partition coefficient (Wildman–Crippen LogP) is 4.40. The summed E-state index contributed by atoms with van der Waals surface area (Å²) in [4.78, 5) is 22.9. The number of piperazine rings is 1. The highest BCUT2D eigenvalue weighted by Gasteiger charge is 2.24. The summed E-state index contributed by atoms with van der Waals surface area (Å²) in [5.74, 6) is 1.04. The van der Waals surface area contributed by atoms with Gasteiger partial charge in [0.05, 0.1) is 17.7 Å². The van der Waals surface area contributed by atoms with E-state index >= 15 is 0 Å². The molecule has 0 aliphatic carbocycles. The number of ether oxygens (including phenoxy) is 1. The standard InChI is InChI=1S/C22H25N3O2S2/c1-3-16-8-13-28-20(16)22(26)25-11-9-24(10-12-25)14-18-15-29-21(23-18)17-4-6-19(27-2)7-5-17/h4-8,13,15H,3,9-12,14H2,1-2H3. The van der Waals surface area contributed by atoms with Crippen molar-refractivity contribution in [1.29, 1.82) is 0 Å². The zero-order valence-electron chi connectivity index (χ0n) is 16.8. The lowest BCUT2D eigenvalue weighted by molar-refractivity contribution is 0.0631. The molecule has 0 spiro atoms. The maximum Gasteiger partial charge on any atom is 0.264 e. The Kier molecular flexibility index (Phi) is 6.28. The van der Waals surface area contributed by atoms with Gasteiger partial charge in [-0.3, -0.25) is 9.69 Å². The van der Waals surface area contributed by atoms with Crippen LogP contribution in [0, 0.1) is 0 Å². The Morgan fingerprint density at radius 3 is 2.55 bits per heavy atom. The van der Waals surface area contributed by atoms with Crippen molar-refractivity contribution in [2.75, 3.05) is 33.3 Å². The topological polar surface area (TPSA) is 45.7 Å². The van der Waals surface area contributed by atoms with Crippen LogP contribution < -0.4 is 4.74 Å². The highest BCUT2D eigenvalue weighted by molar-refractivity contribution is 7.13. The van der Waals surface area contributed by atoms with Crippen LogP contribution in [-0.4, -0.2) is 54.0 Å². The molecule has 3 aromatic rings. The average Bonchev–Trinajstić information content (AvgIpc) is 3.43. The monoisotopic (exact) mass is 427 g/mol. The largest absolute Gasteiger partial charge is 0.497 e. The van der Waals surface area contributed by atoms with Crippen molar-refractivity contribution < 1.29 is 9.53 Å². The van der Waals surface area contributed by atoms with E-state index in [0.717, 1.165) is 71.6 Å². The fourth-order valence-corrected chi connectivity index (χ4v) is 5.31. The number of methoxy groups -OCH3 is 1. The molecule has 7 heteroatoms. The van der Waals surface area contributed by atoms with Crippen molar-refractivity contribution in [1.82, 2.24) is 14.8 Å². The van der Waals surface area contributed by atoms with Gasteiger partial charge in [0.15, 0.2) is 0 Å². The van der Waals surface area contributed by atoms with Crippen LogP contribution in [-0.2, 0) is 13.0 Å². The fraction of sp³-hybridized carbons (Fsp3) is 0.364. The van der Waals surface area contributed by atoms with E-state index < -0.39 is 0 Å². The normalized spacial score (nSPS) is 14.9. The molecule has 0 bridgehead atoms. The number of thiazole rings is 1. The zero-order valence-corrected chi connectivity index (χ0v) is 18.4. The van der Waals surface area contributed by atoms with Crippen molar-refractivity contribution >= 4 is 28.6 Å². The number of thiophene rings is 1. The molecule has 4 rings (SSSR count). The van der Waals surface area contributed by atoms with Gasteiger partial charge in [-0.1, -0.05) is 6.92 Å². The van der Waals surface area contributed by atoms with Crippen LogP contribution in [0.2, 0.25) is 0 Å². The number of rotatable bonds is 6. The van der Waals surface area contributed by atoms with Crippen LogP contribution in [0.5, 0.6) is 5.75 Å². The number of amides is 1. The molecule has 3 heterocycles. The van der Waals surface area contributed by atoms with Crippen molar-refractivity contribution in [3.8, 4) is 16.3 Å². The van der Waals surface area contributed by atoms with E-state index in [0.29, 0.717) is 0 Å². The molecule has 0 atom stereocenters. The summed E-state index contributed by atoms with van der Waals surface area (Å²) in [7, 11) is 1.67. The summed E-state index contributed by atoms with van der Waals surface area (Å²) in [5.41, 5.74) is 3.36. The van der Waals surface area contributed by atoms with Gasteiger partial charge in [0.1, 0.15) is 10.8 Å². The van der Waals surface area contributed by atoms with Gasteiger partial charge < -0.3 is 9.64 Å². The maximum absolute atomic E-state index is 12.8. The molecule has 0 radical (unpaired) electrons. The van der Waals surface area contributed by atoms with Crippen molar-refractivity contribution in [3.63, 3.8) is 0 Å². The fourth-order valence-electron chi connectivity index (χ4n) is 3.53. The second-order valence-electron chi connectivity index (χ2n) is 7.07. The second kappa shape index (κ2) is 9.07. The van der Waals surface area contributed by atoms with Gasteiger partial charge in [-0.05, 0) is 47.7 Å². The van der Waals surface area contributed by atoms with Crippen LogP contribution in [0.4, 0.5) is 0 Å². The molecule has 2 aromatic heterocycles. The first kappa shape index (κ1) is 20.1. The van der Waals surface area contributed by atoms with Crippen LogP contribution in [0.15, 0.2) is 41.1 Å². The van der Waals surface area contributed by atoms with Gasteiger partial charge in [0, 0.05) is 43.7 Å². The van der Waals surface area contributed by atoms with Gasteiger partial charge in [-0.2, -0.15) is 0 Å². The number of nitrogens with zero attached hydrogens (tertiary/aromatic N) is 3. The van der Waals surface area contributed by atoms with Crippen LogP contribution in [0.25, 0.3) is 10.6 Å². The van der Waals surface area contributed by atoms with Crippen molar-refractivity contribution in [2.45, 2.75) is 19.9 Å². The van der Waals surface area contributed by atoms with Gasteiger partial charge in [-0.25, -0.2) is 4.98 Å². The van der Waals surface area contributed by atoms with E-state index in [9.17, 15) is 4.79 Å². The quantitative estimate of drug-likeness (QED) is 0.585. The van der Waals surface area contributed by atoms with Gasteiger partial charge in [0.2, 0.25) is 0 Å². The number of aromatic nitrogens is 1. The Labute approximate surface area is 179 Å². The highest BCUT2D eigenvalue weighted by atomic mass is 32.1. The Morgan fingerprint density at radius 1 is 1.10 bits per heavy atom. The first-order chi connectivity index (χ1) is 14.2. The molecule has 0 saturated carbocycles. The van der Waals surface area contributed by atoms with Crippen LogP contribution in [0.1, 0.15) is 27.9 Å². The minimum Gasteiger partial charge on any atom is -0.497 e. The number of carbonyl (C=O) groups excluding carboxylic acids is 1. The lowest BCUT2D eigenvalue weighted by Gasteiger charge is -2.34. The maximum atomic E-state index is 12.8. The zero-order chi connectivity index (χ0) is 20.2. The molecule has 1 aromatic carbocycles. The number of carbonyl (C=O) groups is 1. The Morgan fingerprint density at radius 2 is 1.86 bits per heavy atom. The first-order valence-corrected chi connectivity index (χ1v) is 11.6. The molecular formula is C22H25N3O2S2. The number of benzene rings is 1. The van der Waals surface area contributed by atoms with Crippen molar-refractivity contribution in [3.05, 3.63) is 57.2 Å². The molecular weight excluding hydrogens is 402 g/mol. The van der Waals surface area contributed by atoms with E-state index in [1.165, 1.54) is 0 Å². The van der Waals surface area contributed by atoms with Crippen LogP contribution in [0.3, 0.4) is 0 Å². The molecule has 29 heavy (non-hydrogen) atoms. The number of hydrogen-bond acceptors (Lipinski definition) is 6. The Bertz CT molecular complexity index is 957. The predicted molar refractivity (Wildman–Crippen MR) is 119 cm³/mol. The highest BCUT2D eigenvalue weighted by Crippen LogP contribution is 2.26. The summed E-state index contributed by atoms with van der Waals surface area (Å²) in [5, 5.41) is 5.18. The van der Waals surface area contributed by atoms with Gasteiger partial charge >= 0.3 is 0 Å². The molecule has 1 amide bonds. The summed E-state index contributed by atoms with van der Waals surface area (Å²) in [6, 6.07) is 10.1. The smallest absolute Gasteiger partial charge is 0.264 e. The third-order valence-corrected chi connectivity index (χ3v) is 7.14. The lowest BCUT2D eigenvalue weighted by Crippen LogP contribution is -2.48. The minimum atomic E-state index is 0.187. The minimum absolute atomic E-state index is 0.187. The molecule has 5 nitrogen and oxygen atoms in total. The molecule has 1 aliphatic heterocycles. The van der Waals surface area contributed by atoms with E-state index in [1.807, 2.05) is 34.5 Å². The number of hydrogen-bond donors (Lipinski definition) is 0. The SMILES string of the molecule is CCc1ccsc1C(=O)N1CCN(Cc2csc(-c3ccc(OC)cc3)n2)CC1. The summed E-state index contributed by atoms with van der Waals surface area (Å²) < 4.78 is 5.22. The molecule has 0 unspecified atom stereocenters. The number of aryl methyl sites for hydroxylation is 1. The molecule has 0 N–H and O–H groups in total. The summed E-state index contributed by atoms with van der Waals surface area (Å²) in [6.07, 6.45) is 0.908. The van der Waals surface area contributed by atoms with Gasteiger partial charge in [-0.15, -0.1) is 22.7 Å². The molecule has 1 saturated heterocycles.